The maximum atomic E-state index is 12.4. The number of ether oxygens (including phenoxy) is 1. The Kier molecular flexibility index (Phi) is 6.95. The third kappa shape index (κ3) is 6.14. The van der Waals surface area contributed by atoms with E-state index in [-0.39, 0.29) is 17.7 Å². The zero-order valence-electron chi connectivity index (χ0n) is 16.6. The molecule has 0 unspecified atom stereocenters. The summed E-state index contributed by atoms with van der Waals surface area (Å²) in [5.41, 5.74) is 7.12. The molecular formula is C23H21N3O5. The van der Waals surface area contributed by atoms with Gasteiger partial charge in [0.2, 0.25) is 5.91 Å². The Labute approximate surface area is 178 Å². The third-order valence-corrected chi connectivity index (χ3v) is 4.58. The van der Waals surface area contributed by atoms with E-state index < -0.39 is 22.8 Å². The highest BCUT2D eigenvalue weighted by Crippen LogP contribution is 2.16. The van der Waals surface area contributed by atoms with Gasteiger partial charge < -0.3 is 15.8 Å². The van der Waals surface area contributed by atoms with Gasteiger partial charge in [0.05, 0.1) is 4.92 Å². The highest BCUT2D eigenvalue weighted by molar-refractivity contribution is 5.97. The number of nitro benzene ring substituents is 1. The molecule has 31 heavy (non-hydrogen) atoms. The fourth-order valence-corrected chi connectivity index (χ4v) is 2.92. The third-order valence-electron chi connectivity index (χ3n) is 4.58. The first-order valence-electron chi connectivity index (χ1n) is 9.52. The molecule has 2 amide bonds. The minimum absolute atomic E-state index is 0.0742. The number of nitrogens with one attached hydrogen (secondary N) is 1. The fourth-order valence-electron chi connectivity index (χ4n) is 2.92. The summed E-state index contributed by atoms with van der Waals surface area (Å²) in [4.78, 5) is 34.6. The largest absolute Gasteiger partial charge is 0.489 e. The van der Waals surface area contributed by atoms with Gasteiger partial charge in [-0.05, 0) is 29.3 Å². The van der Waals surface area contributed by atoms with Gasteiger partial charge in [0.25, 0.3) is 11.6 Å². The Morgan fingerprint density at radius 1 is 0.968 bits per heavy atom. The number of carbonyl (C=O) groups excluding carboxylic acids is 2. The van der Waals surface area contributed by atoms with Crippen LogP contribution in [-0.4, -0.2) is 22.8 Å². The van der Waals surface area contributed by atoms with Crippen LogP contribution in [0.25, 0.3) is 0 Å². The number of benzene rings is 3. The van der Waals surface area contributed by atoms with Crippen molar-refractivity contribution in [3.8, 4) is 5.75 Å². The summed E-state index contributed by atoms with van der Waals surface area (Å²) in [5.74, 6) is -0.651. The molecule has 0 aliphatic heterocycles. The summed E-state index contributed by atoms with van der Waals surface area (Å²) in [6, 6.07) is 21.2. The van der Waals surface area contributed by atoms with Crippen LogP contribution in [0.4, 0.5) is 5.69 Å². The second kappa shape index (κ2) is 10.0. The number of hydrogen-bond donors (Lipinski definition) is 2. The Morgan fingerprint density at radius 2 is 1.68 bits per heavy atom. The lowest BCUT2D eigenvalue weighted by Crippen LogP contribution is -2.45. The van der Waals surface area contributed by atoms with E-state index in [0.717, 1.165) is 17.2 Å². The predicted molar refractivity (Wildman–Crippen MR) is 114 cm³/mol. The lowest BCUT2D eigenvalue weighted by molar-refractivity contribution is -0.384. The lowest BCUT2D eigenvalue weighted by atomic mass is 10.0. The summed E-state index contributed by atoms with van der Waals surface area (Å²) in [6.45, 7) is 0.434. The van der Waals surface area contributed by atoms with Crippen molar-refractivity contribution in [2.24, 2.45) is 5.73 Å². The topological polar surface area (TPSA) is 125 Å². The first-order chi connectivity index (χ1) is 14.9. The van der Waals surface area contributed by atoms with Gasteiger partial charge in [0.15, 0.2) is 0 Å². The number of non-ortho nitro benzene ring substituents is 1. The minimum Gasteiger partial charge on any atom is -0.489 e. The molecule has 0 fully saturated rings. The van der Waals surface area contributed by atoms with E-state index in [1.165, 1.54) is 18.2 Å². The molecule has 0 aromatic heterocycles. The van der Waals surface area contributed by atoms with Gasteiger partial charge in [-0.2, -0.15) is 0 Å². The zero-order valence-corrected chi connectivity index (χ0v) is 16.6. The maximum absolute atomic E-state index is 12.4. The van der Waals surface area contributed by atoms with Crippen molar-refractivity contribution in [3.63, 3.8) is 0 Å². The van der Waals surface area contributed by atoms with Crippen molar-refractivity contribution >= 4 is 17.5 Å². The lowest BCUT2D eigenvalue weighted by Gasteiger charge is -2.16. The average molecular weight is 419 g/mol. The van der Waals surface area contributed by atoms with Gasteiger partial charge in [-0.15, -0.1) is 0 Å². The van der Waals surface area contributed by atoms with Crippen LogP contribution in [-0.2, 0) is 17.8 Å². The minimum atomic E-state index is -0.970. The molecule has 0 saturated carbocycles. The molecule has 1 atom stereocenters. The zero-order chi connectivity index (χ0) is 22.2. The standard InChI is InChI=1S/C23H21N3O5/c24-22(27)21(25-23(28)18-7-4-8-19(14-18)26(29)30)13-16-9-11-20(12-10-16)31-15-17-5-2-1-3-6-17/h1-12,14,21H,13,15H2,(H2,24,27)(H,25,28)/t21-/m0/s1. The van der Waals surface area contributed by atoms with E-state index in [1.54, 1.807) is 24.3 Å². The van der Waals surface area contributed by atoms with E-state index in [0.29, 0.717) is 12.4 Å². The Morgan fingerprint density at radius 3 is 2.32 bits per heavy atom. The fraction of sp³-hybridized carbons (Fsp3) is 0.130. The number of carbonyl (C=O) groups is 2. The summed E-state index contributed by atoms with van der Waals surface area (Å²) in [6.07, 6.45) is 0.176. The van der Waals surface area contributed by atoms with E-state index in [4.69, 9.17) is 10.5 Å². The van der Waals surface area contributed by atoms with Gasteiger partial charge in [-0.1, -0.05) is 48.5 Å². The van der Waals surface area contributed by atoms with Gasteiger partial charge >= 0.3 is 0 Å². The van der Waals surface area contributed by atoms with Crippen LogP contribution >= 0.6 is 0 Å². The molecule has 0 radical (unpaired) electrons. The van der Waals surface area contributed by atoms with Crippen LogP contribution in [0.2, 0.25) is 0 Å². The van der Waals surface area contributed by atoms with Crippen molar-refractivity contribution in [3.05, 3.63) is 106 Å². The maximum Gasteiger partial charge on any atom is 0.270 e. The molecule has 8 nitrogen and oxygen atoms in total. The number of nitrogens with two attached hydrogens (primary N) is 1. The number of rotatable bonds is 9. The normalized spacial score (nSPS) is 11.4. The summed E-state index contributed by atoms with van der Waals surface area (Å²) in [5, 5.41) is 13.4. The van der Waals surface area contributed by atoms with Crippen molar-refractivity contribution in [2.45, 2.75) is 19.1 Å². The summed E-state index contributed by atoms with van der Waals surface area (Å²) < 4.78 is 5.74. The molecule has 0 bridgehead atoms. The first kappa shape index (κ1) is 21.5. The molecule has 3 aromatic carbocycles. The number of hydrogen-bond acceptors (Lipinski definition) is 5. The van der Waals surface area contributed by atoms with Crippen LogP contribution in [0.1, 0.15) is 21.5 Å². The summed E-state index contributed by atoms with van der Waals surface area (Å²) >= 11 is 0. The highest BCUT2D eigenvalue weighted by atomic mass is 16.6. The van der Waals surface area contributed by atoms with Crippen LogP contribution < -0.4 is 15.8 Å². The molecule has 0 heterocycles. The molecule has 0 aliphatic rings. The number of nitrogens with zero attached hydrogens (tertiary/aromatic N) is 1. The van der Waals surface area contributed by atoms with Gasteiger partial charge in [-0.3, -0.25) is 19.7 Å². The van der Waals surface area contributed by atoms with Crippen molar-refractivity contribution in [1.82, 2.24) is 5.32 Å². The molecule has 158 valence electrons. The van der Waals surface area contributed by atoms with Crippen molar-refractivity contribution < 1.29 is 19.2 Å². The molecule has 0 spiro atoms. The number of primary amides is 1. The Bertz CT molecular complexity index is 1070. The molecule has 3 N–H and O–H groups in total. The van der Waals surface area contributed by atoms with Crippen LogP contribution in [0.3, 0.4) is 0 Å². The van der Waals surface area contributed by atoms with Crippen LogP contribution in [0.15, 0.2) is 78.9 Å². The molecular weight excluding hydrogens is 398 g/mol. The Hall–Kier alpha value is -4.20. The van der Waals surface area contributed by atoms with Crippen molar-refractivity contribution in [2.75, 3.05) is 0 Å². The van der Waals surface area contributed by atoms with Crippen LogP contribution in [0.5, 0.6) is 5.75 Å². The Balaban J connectivity index is 1.62. The van der Waals surface area contributed by atoms with E-state index >= 15 is 0 Å². The summed E-state index contributed by atoms with van der Waals surface area (Å²) in [7, 11) is 0. The van der Waals surface area contributed by atoms with E-state index in [1.807, 2.05) is 30.3 Å². The molecule has 8 heteroatoms. The van der Waals surface area contributed by atoms with E-state index in [2.05, 4.69) is 5.32 Å². The molecule has 0 saturated heterocycles. The second-order valence-electron chi connectivity index (χ2n) is 6.86. The quantitative estimate of drug-likeness (QED) is 0.407. The van der Waals surface area contributed by atoms with Crippen molar-refractivity contribution in [1.29, 1.82) is 0 Å². The van der Waals surface area contributed by atoms with Gasteiger partial charge in [0, 0.05) is 24.1 Å². The van der Waals surface area contributed by atoms with Gasteiger partial charge in [0.1, 0.15) is 18.4 Å². The van der Waals surface area contributed by atoms with Gasteiger partial charge in [-0.25, -0.2) is 0 Å². The highest BCUT2D eigenvalue weighted by Gasteiger charge is 2.20. The monoisotopic (exact) mass is 419 g/mol. The first-order valence-corrected chi connectivity index (χ1v) is 9.52. The predicted octanol–water partition coefficient (Wildman–Crippen LogP) is 3.00. The second-order valence-corrected chi connectivity index (χ2v) is 6.86. The number of nitro groups is 1. The van der Waals surface area contributed by atoms with E-state index in [9.17, 15) is 19.7 Å². The number of amides is 2. The molecule has 0 aliphatic carbocycles. The smallest absolute Gasteiger partial charge is 0.270 e. The molecule has 3 rings (SSSR count). The SMILES string of the molecule is NC(=O)[C@H](Cc1ccc(OCc2ccccc2)cc1)NC(=O)c1cccc([N+](=O)[O-])c1. The average Bonchev–Trinajstić information content (AvgIpc) is 2.78. The molecule has 3 aromatic rings. The van der Waals surface area contributed by atoms with Crippen LogP contribution in [0, 0.1) is 10.1 Å².